The van der Waals surface area contributed by atoms with Crippen LogP contribution < -0.4 is 21.5 Å². The van der Waals surface area contributed by atoms with E-state index in [-0.39, 0.29) is 29.4 Å². The number of hydrogen-bond acceptors (Lipinski definition) is 7. The quantitative estimate of drug-likeness (QED) is 0.307. The van der Waals surface area contributed by atoms with Crippen molar-refractivity contribution in [3.63, 3.8) is 0 Å². The van der Waals surface area contributed by atoms with Crippen molar-refractivity contribution in [2.45, 2.75) is 45.5 Å². The number of carbonyl (C=O) groups is 1. The van der Waals surface area contributed by atoms with Crippen LogP contribution in [0.1, 0.15) is 51.1 Å². The lowest BCUT2D eigenvalue weighted by Crippen LogP contribution is -2.41. The molecule has 0 bridgehead atoms. The summed E-state index contributed by atoms with van der Waals surface area (Å²) >= 11 is 0. The molecule has 0 spiro atoms. The van der Waals surface area contributed by atoms with E-state index in [1.54, 1.807) is 47.3 Å². The lowest BCUT2D eigenvalue weighted by molar-refractivity contribution is -0.138. The van der Waals surface area contributed by atoms with Crippen LogP contribution in [0.3, 0.4) is 0 Å². The molecule has 2 aromatic carbocycles. The van der Waals surface area contributed by atoms with Gasteiger partial charge in [-0.3, -0.25) is 19.4 Å². The number of rotatable bonds is 9. The van der Waals surface area contributed by atoms with E-state index in [1.165, 1.54) is 12.1 Å². The van der Waals surface area contributed by atoms with Crippen LogP contribution in [-0.4, -0.2) is 65.8 Å². The second-order valence-electron chi connectivity index (χ2n) is 11.2. The van der Waals surface area contributed by atoms with Crippen LogP contribution in [0.5, 0.6) is 0 Å². The maximum absolute atomic E-state index is 14.1. The zero-order chi connectivity index (χ0) is 31.5. The molecule has 3 aromatic rings. The highest BCUT2D eigenvalue weighted by atomic mass is 19.4. The maximum atomic E-state index is 14.1. The topological polar surface area (TPSA) is 94.7 Å². The Hall–Kier alpha value is -3.87. The van der Waals surface area contributed by atoms with Gasteiger partial charge in [0.2, 0.25) is 0 Å². The molecule has 0 unspecified atom stereocenters. The Morgan fingerprint density at radius 1 is 1.14 bits per heavy atom. The summed E-state index contributed by atoms with van der Waals surface area (Å²) in [5.41, 5.74) is 12.9. The molecule has 0 radical (unpaired) electrons. The Bertz CT molecular complexity index is 1470. The highest BCUT2D eigenvalue weighted by Gasteiger charge is 2.34. The van der Waals surface area contributed by atoms with Crippen molar-refractivity contribution in [3.8, 4) is 0 Å². The van der Waals surface area contributed by atoms with Crippen molar-refractivity contribution in [2.24, 2.45) is 12.8 Å². The van der Waals surface area contributed by atoms with Crippen LogP contribution in [0.2, 0.25) is 0 Å². The maximum Gasteiger partial charge on any atom is 0.416 e. The summed E-state index contributed by atoms with van der Waals surface area (Å²) in [6.45, 7) is 5.82. The lowest BCUT2D eigenvalue weighted by Gasteiger charge is -2.35. The van der Waals surface area contributed by atoms with Gasteiger partial charge in [0.1, 0.15) is 0 Å². The summed E-state index contributed by atoms with van der Waals surface area (Å²) < 4.78 is 44.1. The Morgan fingerprint density at radius 3 is 2.44 bits per heavy atom. The molecule has 1 amide bonds. The highest BCUT2D eigenvalue weighted by molar-refractivity contribution is 6.05. The van der Waals surface area contributed by atoms with E-state index in [4.69, 9.17) is 5.73 Å². The standard InChI is InChI=1S/C31H41F3N8O/c1-20-7-8-22(15-29(20)42(36-3)19-28(35)26-17-37-41(6)21(26)2)30(43)38-24-10-9-23(27(16-24)31(32,33)34)18-40(5)25-11-13-39(4)14-12-25/h7-10,15-17,19,25,36H,11-14,18,35H2,1-6H3,(H,38,43)/b28-19-. The summed E-state index contributed by atoms with van der Waals surface area (Å²) in [4.78, 5) is 17.5. The zero-order valence-electron chi connectivity index (χ0n) is 25.6. The molecule has 43 heavy (non-hydrogen) atoms. The number of nitrogens with zero attached hydrogens (tertiary/aromatic N) is 5. The molecule has 0 atom stereocenters. The first-order valence-corrected chi connectivity index (χ1v) is 14.2. The highest BCUT2D eigenvalue weighted by Crippen LogP contribution is 2.35. The summed E-state index contributed by atoms with van der Waals surface area (Å²) in [6, 6.07) is 9.30. The van der Waals surface area contributed by atoms with Crippen LogP contribution in [0.4, 0.5) is 24.5 Å². The number of alkyl halides is 3. The molecule has 0 aliphatic carbocycles. The number of hydrogen-bond donors (Lipinski definition) is 3. The third-order valence-electron chi connectivity index (χ3n) is 8.19. The number of aryl methyl sites for hydroxylation is 2. The molecular formula is C31H41F3N8O. The molecule has 2 heterocycles. The van der Waals surface area contributed by atoms with E-state index in [9.17, 15) is 18.0 Å². The third kappa shape index (κ3) is 7.56. The first-order valence-electron chi connectivity index (χ1n) is 14.2. The number of benzene rings is 2. The number of carbonyl (C=O) groups excluding carboxylic acids is 1. The van der Waals surface area contributed by atoms with E-state index < -0.39 is 17.6 Å². The fourth-order valence-corrected chi connectivity index (χ4v) is 5.35. The van der Waals surface area contributed by atoms with E-state index in [2.05, 4.69) is 27.8 Å². The molecule has 12 heteroatoms. The summed E-state index contributed by atoms with van der Waals surface area (Å²) in [7, 11) is 7.47. The average molecular weight is 599 g/mol. The molecule has 1 aliphatic heterocycles. The van der Waals surface area contributed by atoms with Gasteiger partial charge in [-0.25, -0.2) is 5.43 Å². The van der Waals surface area contributed by atoms with Gasteiger partial charge >= 0.3 is 6.18 Å². The van der Waals surface area contributed by atoms with Crippen molar-refractivity contribution >= 4 is 23.0 Å². The third-order valence-corrected chi connectivity index (χ3v) is 8.19. The van der Waals surface area contributed by atoms with Crippen LogP contribution in [0.25, 0.3) is 5.70 Å². The minimum Gasteiger partial charge on any atom is -0.397 e. The molecule has 0 saturated carbocycles. The number of anilines is 2. The first kappa shape index (κ1) is 32.1. The minimum atomic E-state index is -4.56. The number of likely N-dealkylation sites (tertiary alicyclic amines) is 1. The number of amides is 1. The molecular weight excluding hydrogens is 557 g/mol. The number of aromatic nitrogens is 2. The fraction of sp³-hybridized carbons (Fsp3) is 0.419. The van der Waals surface area contributed by atoms with Crippen molar-refractivity contribution in [1.82, 2.24) is 25.0 Å². The van der Waals surface area contributed by atoms with Crippen LogP contribution in [0.15, 0.2) is 48.8 Å². The number of halogens is 3. The van der Waals surface area contributed by atoms with Crippen molar-refractivity contribution in [3.05, 3.63) is 82.3 Å². The van der Waals surface area contributed by atoms with Crippen molar-refractivity contribution < 1.29 is 18.0 Å². The predicted octanol–water partition coefficient (Wildman–Crippen LogP) is 4.73. The fourth-order valence-electron chi connectivity index (χ4n) is 5.35. The predicted molar refractivity (Wildman–Crippen MR) is 164 cm³/mol. The van der Waals surface area contributed by atoms with Crippen molar-refractivity contribution in [2.75, 3.05) is 44.6 Å². The van der Waals surface area contributed by atoms with E-state index in [1.807, 2.05) is 32.8 Å². The molecule has 1 fully saturated rings. The van der Waals surface area contributed by atoms with Crippen LogP contribution in [-0.2, 0) is 19.8 Å². The minimum absolute atomic E-state index is 0.0757. The second kappa shape index (κ2) is 13.2. The summed E-state index contributed by atoms with van der Waals surface area (Å²) in [5.74, 6) is -0.526. The summed E-state index contributed by atoms with van der Waals surface area (Å²) in [5, 5.41) is 8.57. The Labute approximate surface area is 251 Å². The van der Waals surface area contributed by atoms with E-state index in [0.29, 0.717) is 11.4 Å². The van der Waals surface area contributed by atoms with E-state index in [0.717, 1.165) is 48.8 Å². The lowest BCUT2D eigenvalue weighted by atomic mass is 10.0. The van der Waals surface area contributed by atoms with Gasteiger partial charge < -0.3 is 16.0 Å². The van der Waals surface area contributed by atoms with Gasteiger partial charge in [0, 0.05) is 55.4 Å². The Morgan fingerprint density at radius 2 is 1.84 bits per heavy atom. The molecule has 9 nitrogen and oxygen atoms in total. The second-order valence-corrected chi connectivity index (χ2v) is 11.2. The van der Waals surface area contributed by atoms with Crippen LogP contribution in [0, 0.1) is 13.8 Å². The number of piperidine rings is 1. The SMILES string of the molecule is CNN(/C=C(\N)c1cnn(C)c1C)c1cc(C(=O)Nc2ccc(CN(C)C3CCN(C)CC3)c(C(F)(F)F)c2)ccc1C. The molecule has 4 rings (SSSR count). The molecule has 232 valence electrons. The monoisotopic (exact) mass is 598 g/mol. The average Bonchev–Trinajstić information content (AvgIpc) is 3.30. The molecule has 1 saturated heterocycles. The summed E-state index contributed by atoms with van der Waals surface area (Å²) in [6.07, 6.45) is 0.645. The van der Waals surface area contributed by atoms with Crippen molar-refractivity contribution in [1.29, 1.82) is 0 Å². The largest absolute Gasteiger partial charge is 0.416 e. The van der Waals surface area contributed by atoms with Gasteiger partial charge in [0.05, 0.1) is 23.1 Å². The molecule has 1 aromatic heterocycles. The van der Waals surface area contributed by atoms with Crippen LogP contribution >= 0.6 is 0 Å². The first-order chi connectivity index (χ1) is 20.3. The van der Waals surface area contributed by atoms with Gasteiger partial charge in [-0.15, -0.1) is 0 Å². The van der Waals surface area contributed by atoms with Gasteiger partial charge in [-0.1, -0.05) is 12.1 Å². The number of nitrogens with two attached hydrogens (primary N) is 1. The number of nitrogens with one attached hydrogen (secondary N) is 2. The normalized spacial score (nSPS) is 15.3. The van der Waals surface area contributed by atoms with Gasteiger partial charge in [0.15, 0.2) is 0 Å². The van der Waals surface area contributed by atoms with Gasteiger partial charge in [-0.2, -0.15) is 18.3 Å². The van der Waals surface area contributed by atoms with Gasteiger partial charge in [0.25, 0.3) is 5.91 Å². The number of hydrazine groups is 1. The van der Waals surface area contributed by atoms with Gasteiger partial charge in [-0.05, 0) is 89.3 Å². The molecule has 4 N–H and O–H groups in total. The Kier molecular flexibility index (Phi) is 9.83. The smallest absolute Gasteiger partial charge is 0.397 e. The van der Waals surface area contributed by atoms with E-state index >= 15 is 0 Å². The zero-order valence-corrected chi connectivity index (χ0v) is 25.6. The molecule has 1 aliphatic rings. The Balaban J connectivity index is 1.54.